The summed E-state index contributed by atoms with van der Waals surface area (Å²) in [5, 5.41) is 0. The van der Waals surface area contributed by atoms with Crippen LogP contribution in [0.4, 0.5) is 0 Å². The Morgan fingerprint density at radius 2 is 2.20 bits per heavy atom. The van der Waals surface area contributed by atoms with Gasteiger partial charge in [0, 0.05) is 18.5 Å². The molecule has 0 saturated carbocycles. The third-order valence-electron chi connectivity index (χ3n) is 3.22. The van der Waals surface area contributed by atoms with E-state index in [1.807, 2.05) is 36.5 Å². The second-order valence-electron chi connectivity index (χ2n) is 4.46. The number of ether oxygens (including phenoxy) is 1. The topological polar surface area (TPSA) is 39.9 Å². The van der Waals surface area contributed by atoms with E-state index in [4.69, 9.17) is 16.3 Å². The van der Waals surface area contributed by atoms with Crippen molar-refractivity contribution in [2.24, 2.45) is 0 Å². The molecule has 3 aromatic rings. The number of halogens is 1. The van der Waals surface area contributed by atoms with Gasteiger partial charge in [-0.15, -0.1) is 11.6 Å². The summed E-state index contributed by atoms with van der Waals surface area (Å²) in [6, 6.07) is 9.80. The summed E-state index contributed by atoms with van der Waals surface area (Å²) in [5.41, 5.74) is 3.05. The van der Waals surface area contributed by atoms with Gasteiger partial charge in [-0.05, 0) is 23.8 Å². The number of fused-ring (bicyclic) bond motifs is 1. The number of nitrogens with zero attached hydrogens (tertiary/aromatic N) is 3. The zero-order valence-corrected chi connectivity index (χ0v) is 11.8. The third-order valence-corrected chi connectivity index (χ3v) is 3.46. The molecule has 2 aromatic heterocycles. The fraction of sp³-hybridized carbons (Fsp3) is 0.200. The first-order valence-corrected chi connectivity index (χ1v) is 6.83. The smallest absolute Gasteiger partial charge is 0.125 e. The van der Waals surface area contributed by atoms with Gasteiger partial charge in [0.15, 0.2) is 0 Å². The van der Waals surface area contributed by atoms with Crippen LogP contribution in [0.15, 0.2) is 42.7 Å². The molecule has 0 aliphatic rings. The largest absolute Gasteiger partial charge is 0.497 e. The van der Waals surface area contributed by atoms with E-state index < -0.39 is 0 Å². The molecule has 0 spiro atoms. The Morgan fingerprint density at radius 1 is 1.30 bits per heavy atom. The monoisotopic (exact) mass is 287 g/mol. The van der Waals surface area contributed by atoms with Gasteiger partial charge in [-0.2, -0.15) is 0 Å². The molecule has 2 heterocycles. The molecule has 0 unspecified atom stereocenters. The highest BCUT2D eigenvalue weighted by molar-refractivity contribution is 6.16. The van der Waals surface area contributed by atoms with Crippen LogP contribution in [-0.4, -0.2) is 21.6 Å². The highest BCUT2D eigenvalue weighted by atomic mass is 35.5. The van der Waals surface area contributed by atoms with Crippen LogP contribution in [0.1, 0.15) is 11.4 Å². The SMILES string of the molecule is COc1ccc2nc(CCl)n(Cc3cccnc3)c2c1. The number of hydrogen-bond donors (Lipinski definition) is 0. The van der Waals surface area contributed by atoms with Crippen molar-refractivity contribution in [3.63, 3.8) is 0 Å². The van der Waals surface area contributed by atoms with Crippen molar-refractivity contribution in [1.29, 1.82) is 0 Å². The highest BCUT2D eigenvalue weighted by Crippen LogP contribution is 2.23. The second kappa shape index (κ2) is 5.51. The minimum absolute atomic E-state index is 0.372. The maximum absolute atomic E-state index is 6.01. The standard InChI is InChI=1S/C15H14ClN3O/c1-20-12-4-5-13-14(7-12)19(15(8-16)18-13)10-11-3-2-6-17-9-11/h2-7,9H,8,10H2,1H3. The van der Waals surface area contributed by atoms with Crippen LogP contribution in [0, 0.1) is 0 Å². The molecule has 0 aliphatic carbocycles. The number of alkyl halides is 1. The average Bonchev–Trinajstić information content (AvgIpc) is 2.85. The lowest BCUT2D eigenvalue weighted by Crippen LogP contribution is -2.04. The van der Waals surface area contributed by atoms with Gasteiger partial charge >= 0.3 is 0 Å². The van der Waals surface area contributed by atoms with E-state index in [0.717, 1.165) is 28.2 Å². The fourth-order valence-electron chi connectivity index (χ4n) is 2.23. The van der Waals surface area contributed by atoms with Crippen LogP contribution in [0.25, 0.3) is 11.0 Å². The Kier molecular flexibility index (Phi) is 3.56. The average molecular weight is 288 g/mol. The Bertz CT molecular complexity index is 725. The van der Waals surface area contributed by atoms with Gasteiger partial charge in [0.25, 0.3) is 0 Å². The van der Waals surface area contributed by atoms with Crippen molar-refractivity contribution in [1.82, 2.24) is 14.5 Å². The van der Waals surface area contributed by atoms with Gasteiger partial charge in [-0.25, -0.2) is 4.98 Å². The molecule has 1 aromatic carbocycles. The van der Waals surface area contributed by atoms with Crippen LogP contribution in [0.2, 0.25) is 0 Å². The zero-order valence-electron chi connectivity index (χ0n) is 11.1. The van der Waals surface area contributed by atoms with Gasteiger partial charge in [0.1, 0.15) is 11.6 Å². The predicted octanol–water partition coefficient (Wildman–Crippen LogP) is 3.23. The summed E-state index contributed by atoms with van der Waals surface area (Å²) in [5.74, 6) is 2.03. The second-order valence-corrected chi connectivity index (χ2v) is 4.73. The minimum Gasteiger partial charge on any atom is -0.497 e. The highest BCUT2D eigenvalue weighted by Gasteiger charge is 2.11. The Labute approximate surface area is 122 Å². The van der Waals surface area contributed by atoms with Gasteiger partial charge in [0.2, 0.25) is 0 Å². The molecular weight excluding hydrogens is 274 g/mol. The quantitative estimate of drug-likeness (QED) is 0.692. The molecule has 20 heavy (non-hydrogen) atoms. The third kappa shape index (κ3) is 2.34. The van der Waals surface area contributed by atoms with E-state index in [2.05, 4.69) is 14.5 Å². The Balaban J connectivity index is 2.11. The summed E-state index contributed by atoms with van der Waals surface area (Å²) >= 11 is 6.01. The molecule has 3 rings (SSSR count). The lowest BCUT2D eigenvalue weighted by molar-refractivity contribution is 0.415. The lowest BCUT2D eigenvalue weighted by Gasteiger charge is -2.08. The molecule has 5 heteroatoms. The van der Waals surface area contributed by atoms with Gasteiger partial charge in [0.05, 0.1) is 30.6 Å². The van der Waals surface area contributed by atoms with Crippen molar-refractivity contribution in [3.05, 3.63) is 54.1 Å². The summed E-state index contributed by atoms with van der Waals surface area (Å²) in [4.78, 5) is 8.70. The van der Waals surface area contributed by atoms with Crippen LogP contribution in [0.5, 0.6) is 5.75 Å². The van der Waals surface area contributed by atoms with Crippen molar-refractivity contribution in [3.8, 4) is 5.75 Å². The normalized spacial score (nSPS) is 10.9. The first-order valence-electron chi connectivity index (χ1n) is 6.30. The molecule has 0 amide bonds. The molecular formula is C15H14ClN3O. The number of pyridine rings is 1. The van der Waals surface area contributed by atoms with Crippen LogP contribution < -0.4 is 4.74 Å². The summed E-state index contributed by atoms with van der Waals surface area (Å²) < 4.78 is 7.38. The number of imidazole rings is 1. The summed E-state index contributed by atoms with van der Waals surface area (Å²) in [6.45, 7) is 0.694. The molecule has 102 valence electrons. The number of methoxy groups -OCH3 is 1. The van der Waals surface area contributed by atoms with Crippen LogP contribution in [-0.2, 0) is 12.4 Å². The molecule has 0 radical (unpaired) electrons. The molecule has 4 nitrogen and oxygen atoms in total. The predicted molar refractivity (Wildman–Crippen MR) is 79.2 cm³/mol. The Hall–Kier alpha value is -2.07. The van der Waals surface area contributed by atoms with Crippen molar-refractivity contribution < 1.29 is 4.74 Å². The summed E-state index contributed by atoms with van der Waals surface area (Å²) in [6.07, 6.45) is 3.62. The Morgan fingerprint density at radius 3 is 2.90 bits per heavy atom. The first kappa shape index (κ1) is 12.9. The van der Waals surface area contributed by atoms with E-state index in [-0.39, 0.29) is 0 Å². The van der Waals surface area contributed by atoms with Crippen LogP contribution >= 0.6 is 11.6 Å². The number of rotatable bonds is 4. The lowest BCUT2D eigenvalue weighted by atomic mass is 10.2. The molecule has 0 atom stereocenters. The summed E-state index contributed by atoms with van der Waals surface area (Å²) in [7, 11) is 1.66. The van der Waals surface area contributed by atoms with Gasteiger partial charge in [-0.3, -0.25) is 4.98 Å². The number of hydrogen-bond acceptors (Lipinski definition) is 3. The minimum atomic E-state index is 0.372. The first-order chi connectivity index (χ1) is 9.81. The molecule has 0 aliphatic heterocycles. The molecule has 0 fully saturated rings. The van der Waals surface area contributed by atoms with E-state index in [9.17, 15) is 0 Å². The maximum Gasteiger partial charge on any atom is 0.125 e. The van der Waals surface area contributed by atoms with E-state index in [0.29, 0.717) is 12.4 Å². The zero-order chi connectivity index (χ0) is 13.9. The fourth-order valence-corrected chi connectivity index (χ4v) is 2.44. The number of benzene rings is 1. The van der Waals surface area contributed by atoms with E-state index in [1.165, 1.54) is 0 Å². The van der Waals surface area contributed by atoms with Crippen LogP contribution in [0.3, 0.4) is 0 Å². The van der Waals surface area contributed by atoms with Crippen molar-refractivity contribution >= 4 is 22.6 Å². The maximum atomic E-state index is 6.01. The van der Waals surface area contributed by atoms with Crippen molar-refractivity contribution in [2.45, 2.75) is 12.4 Å². The van der Waals surface area contributed by atoms with Crippen molar-refractivity contribution in [2.75, 3.05) is 7.11 Å². The number of aromatic nitrogens is 3. The molecule has 0 saturated heterocycles. The molecule has 0 N–H and O–H groups in total. The van der Waals surface area contributed by atoms with Gasteiger partial charge in [-0.1, -0.05) is 6.07 Å². The molecule has 0 bridgehead atoms. The van der Waals surface area contributed by atoms with E-state index >= 15 is 0 Å². The van der Waals surface area contributed by atoms with Gasteiger partial charge < -0.3 is 9.30 Å². The van der Waals surface area contributed by atoms with E-state index in [1.54, 1.807) is 13.3 Å².